The first-order valence-electron chi connectivity index (χ1n) is 5.10. The van der Waals surface area contributed by atoms with Crippen LogP contribution >= 0.6 is 11.6 Å². The second kappa shape index (κ2) is 5.44. The molecule has 0 aliphatic rings. The van der Waals surface area contributed by atoms with Crippen molar-refractivity contribution in [1.82, 2.24) is 20.2 Å². The van der Waals surface area contributed by atoms with Gasteiger partial charge in [-0.1, -0.05) is 17.7 Å². The van der Waals surface area contributed by atoms with Gasteiger partial charge in [0.05, 0.1) is 10.7 Å². The van der Waals surface area contributed by atoms with Crippen LogP contribution in [0.15, 0.2) is 24.5 Å². The number of carboxylic acids is 1. The van der Waals surface area contributed by atoms with E-state index in [-0.39, 0.29) is 22.8 Å². The molecule has 0 unspecified atom stereocenters. The summed E-state index contributed by atoms with van der Waals surface area (Å²) in [6.45, 7) is -0.126. The van der Waals surface area contributed by atoms with Crippen LogP contribution in [0.4, 0.5) is 5.69 Å². The fourth-order valence-corrected chi connectivity index (χ4v) is 1.69. The number of tetrazole rings is 1. The number of anilines is 1. The predicted molar refractivity (Wildman–Crippen MR) is 64.9 cm³/mol. The van der Waals surface area contributed by atoms with Gasteiger partial charge in [0.15, 0.2) is 0 Å². The minimum atomic E-state index is -1.22. The Balaban J connectivity index is 2.17. The van der Waals surface area contributed by atoms with Crippen molar-refractivity contribution in [3.8, 4) is 0 Å². The Labute approximate surface area is 112 Å². The molecule has 0 aliphatic carbocycles. The van der Waals surface area contributed by atoms with Crippen LogP contribution in [0.2, 0.25) is 5.02 Å². The SMILES string of the molecule is O=C(Cn1cnnn1)Nc1cccc(Cl)c1C(=O)O. The summed E-state index contributed by atoms with van der Waals surface area (Å²) in [6, 6.07) is 4.43. The molecule has 0 aliphatic heterocycles. The van der Waals surface area contributed by atoms with Gasteiger partial charge >= 0.3 is 5.97 Å². The molecule has 9 heteroatoms. The number of carbonyl (C=O) groups is 2. The Bertz CT molecular complexity index is 614. The van der Waals surface area contributed by atoms with E-state index in [9.17, 15) is 9.59 Å². The molecule has 0 spiro atoms. The molecule has 2 N–H and O–H groups in total. The van der Waals surface area contributed by atoms with Crippen LogP contribution < -0.4 is 5.32 Å². The first-order valence-corrected chi connectivity index (χ1v) is 5.48. The van der Waals surface area contributed by atoms with Crippen LogP contribution in [0.3, 0.4) is 0 Å². The molecule has 0 saturated heterocycles. The molecular weight excluding hydrogens is 274 g/mol. The molecule has 0 fully saturated rings. The van der Waals surface area contributed by atoms with Crippen molar-refractivity contribution in [1.29, 1.82) is 0 Å². The first-order chi connectivity index (χ1) is 9.08. The van der Waals surface area contributed by atoms with Crippen molar-refractivity contribution < 1.29 is 14.7 Å². The Morgan fingerprint density at radius 2 is 2.21 bits per heavy atom. The molecule has 1 aromatic carbocycles. The maximum Gasteiger partial charge on any atom is 0.339 e. The van der Waals surface area contributed by atoms with Crippen LogP contribution in [-0.4, -0.2) is 37.2 Å². The number of hydrogen-bond acceptors (Lipinski definition) is 5. The number of aromatic nitrogens is 4. The number of carboxylic acid groups (broad SMARTS) is 1. The van der Waals surface area contributed by atoms with Crippen molar-refractivity contribution in [3.63, 3.8) is 0 Å². The van der Waals surface area contributed by atoms with Crippen LogP contribution in [-0.2, 0) is 11.3 Å². The number of amides is 1. The van der Waals surface area contributed by atoms with Gasteiger partial charge in [-0.05, 0) is 22.6 Å². The average molecular weight is 282 g/mol. The minimum absolute atomic E-state index is 0.0488. The summed E-state index contributed by atoms with van der Waals surface area (Å²) in [4.78, 5) is 22.8. The molecule has 1 aromatic heterocycles. The second-order valence-electron chi connectivity index (χ2n) is 3.52. The highest BCUT2D eigenvalue weighted by Crippen LogP contribution is 2.24. The molecule has 2 aromatic rings. The number of carbonyl (C=O) groups excluding carboxylic acids is 1. The summed E-state index contributed by atoms with van der Waals surface area (Å²) in [5.41, 5.74) is -0.0349. The summed E-state index contributed by atoms with van der Waals surface area (Å²) in [7, 11) is 0. The average Bonchev–Trinajstić information content (AvgIpc) is 2.81. The van der Waals surface area contributed by atoms with Gasteiger partial charge in [0.25, 0.3) is 0 Å². The maximum absolute atomic E-state index is 11.7. The minimum Gasteiger partial charge on any atom is -0.478 e. The first kappa shape index (κ1) is 13.0. The second-order valence-corrected chi connectivity index (χ2v) is 3.93. The number of rotatable bonds is 4. The lowest BCUT2D eigenvalue weighted by molar-refractivity contribution is -0.116. The van der Waals surface area contributed by atoms with Gasteiger partial charge in [-0.25, -0.2) is 9.48 Å². The molecule has 19 heavy (non-hydrogen) atoms. The lowest BCUT2D eigenvalue weighted by Gasteiger charge is -2.09. The van der Waals surface area contributed by atoms with Gasteiger partial charge in [-0.3, -0.25) is 4.79 Å². The van der Waals surface area contributed by atoms with Crippen molar-refractivity contribution >= 4 is 29.2 Å². The summed E-state index contributed by atoms with van der Waals surface area (Å²) < 4.78 is 1.21. The van der Waals surface area contributed by atoms with E-state index in [1.54, 1.807) is 6.07 Å². The Morgan fingerprint density at radius 1 is 1.42 bits per heavy atom. The third kappa shape index (κ3) is 3.05. The zero-order chi connectivity index (χ0) is 13.8. The smallest absolute Gasteiger partial charge is 0.339 e. The molecule has 2 rings (SSSR count). The topological polar surface area (TPSA) is 110 Å². The van der Waals surface area contributed by atoms with E-state index >= 15 is 0 Å². The van der Waals surface area contributed by atoms with Crippen molar-refractivity contribution in [2.45, 2.75) is 6.54 Å². The Kier molecular flexibility index (Phi) is 3.71. The number of nitrogens with one attached hydrogen (secondary N) is 1. The molecule has 98 valence electrons. The number of aromatic carboxylic acids is 1. The highest BCUT2D eigenvalue weighted by atomic mass is 35.5. The maximum atomic E-state index is 11.7. The van der Waals surface area contributed by atoms with Crippen LogP contribution in [0.5, 0.6) is 0 Å². The Hall–Kier alpha value is -2.48. The van der Waals surface area contributed by atoms with E-state index in [4.69, 9.17) is 16.7 Å². The molecule has 0 bridgehead atoms. The van der Waals surface area contributed by atoms with E-state index in [1.807, 2.05) is 0 Å². The normalized spacial score (nSPS) is 10.2. The molecule has 0 saturated carbocycles. The zero-order valence-corrected chi connectivity index (χ0v) is 10.2. The van der Waals surface area contributed by atoms with Crippen LogP contribution in [0, 0.1) is 0 Å². The van der Waals surface area contributed by atoms with Crippen molar-refractivity contribution in [2.75, 3.05) is 5.32 Å². The van der Waals surface area contributed by atoms with Crippen LogP contribution in [0.25, 0.3) is 0 Å². The lowest BCUT2D eigenvalue weighted by Crippen LogP contribution is -2.20. The molecule has 0 radical (unpaired) electrons. The van der Waals surface area contributed by atoms with Crippen molar-refractivity contribution in [2.24, 2.45) is 0 Å². The van der Waals surface area contributed by atoms with Crippen molar-refractivity contribution in [3.05, 3.63) is 35.1 Å². The third-order valence-corrected chi connectivity index (χ3v) is 2.51. The quantitative estimate of drug-likeness (QED) is 0.852. The zero-order valence-electron chi connectivity index (χ0n) is 9.45. The van der Waals surface area contributed by atoms with E-state index in [2.05, 4.69) is 20.8 Å². The number of hydrogen-bond donors (Lipinski definition) is 2. The van der Waals surface area contributed by atoms with Gasteiger partial charge in [0.2, 0.25) is 5.91 Å². The Morgan fingerprint density at radius 3 is 2.84 bits per heavy atom. The largest absolute Gasteiger partial charge is 0.478 e. The number of benzene rings is 1. The van der Waals surface area contributed by atoms with Gasteiger partial charge in [-0.15, -0.1) is 5.10 Å². The van der Waals surface area contributed by atoms with E-state index in [0.29, 0.717) is 0 Å². The summed E-state index contributed by atoms with van der Waals surface area (Å²) in [5, 5.41) is 21.8. The molecule has 1 amide bonds. The summed E-state index contributed by atoms with van der Waals surface area (Å²) in [6.07, 6.45) is 1.27. The van der Waals surface area contributed by atoms with E-state index in [1.165, 1.54) is 23.1 Å². The third-order valence-electron chi connectivity index (χ3n) is 2.20. The van der Waals surface area contributed by atoms with Gasteiger partial charge in [0, 0.05) is 0 Å². The fourth-order valence-electron chi connectivity index (χ4n) is 1.44. The number of nitrogens with zero attached hydrogens (tertiary/aromatic N) is 4. The molecule has 8 nitrogen and oxygen atoms in total. The molecular formula is C10H8ClN5O3. The summed E-state index contributed by atoms with van der Waals surface area (Å²) in [5.74, 6) is -1.68. The van der Waals surface area contributed by atoms with E-state index < -0.39 is 11.9 Å². The molecule has 1 heterocycles. The fraction of sp³-hybridized carbons (Fsp3) is 0.100. The monoisotopic (exact) mass is 281 g/mol. The molecule has 0 atom stereocenters. The van der Waals surface area contributed by atoms with Gasteiger partial charge < -0.3 is 10.4 Å². The highest BCUT2D eigenvalue weighted by Gasteiger charge is 2.16. The van der Waals surface area contributed by atoms with Gasteiger partial charge in [-0.2, -0.15) is 0 Å². The van der Waals surface area contributed by atoms with E-state index in [0.717, 1.165) is 0 Å². The van der Waals surface area contributed by atoms with Crippen LogP contribution in [0.1, 0.15) is 10.4 Å². The standard InChI is InChI=1S/C10H8ClN5O3/c11-6-2-1-3-7(9(6)10(18)19)13-8(17)4-16-5-12-14-15-16/h1-3,5H,4H2,(H,13,17)(H,18,19). The number of halogens is 1. The predicted octanol–water partition coefficient (Wildman–Crippen LogP) is 0.663. The van der Waals surface area contributed by atoms with Gasteiger partial charge in [0.1, 0.15) is 18.4 Å². The summed E-state index contributed by atoms with van der Waals surface area (Å²) >= 11 is 5.78. The highest BCUT2D eigenvalue weighted by molar-refractivity contribution is 6.34. The lowest BCUT2D eigenvalue weighted by atomic mass is 10.2.